The first-order valence-corrected chi connectivity index (χ1v) is 6.39. The highest BCUT2D eigenvalue weighted by molar-refractivity contribution is 5.71. The summed E-state index contributed by atoms with van der Waals surface area (Å²) >= 11 is 0. The number of rotatable bonds is 1. The smallest absolute Gasteiger partial charge is 0.410 e. The molecule has 98 valence electrons. The molecule has 1 amide bonds. The first kappa shape index (κ1) is 12.9. The Morgan fingerprint density at radius 1 is 1.28 bits per heavy atom. The first-order valence-electron chi connectivity index (χ1n) is 6.39. The maximum atomic E-state index is 12.1. The summed E-state index contributed by atoms with van der Waals surface area (Å²) in [5.41, 5.74) is 0. The van der Waals surface area contributed by atoms with Crippen LogP contribution in [0.2, 0.25) is 0 Å². The molecule has 1 aromatic carbocycles. The minimum absolute atomic E-state index is 0.189. The molecule has 1 atom stereocenters. The Bertz CT molecular complexity index is 394. The van der Waals surface area contributed by atoms with E-state index in [0.29, 0.717) is 5.75 Å². The molecule has 18 heavy (non-hydrogen) atoms. The third-order valence-electron chi connectivity index (χ3n) is 3.23. The molecular weight excluding hydrogens is 228 g/mol. The third-order valence-corrected chi connectivity index (χ3v) is 3.23. The molecule has 1 saturated heterocycles. The summed E-state index contributed by atoms with van der Waals surface area (Å²) in [5.74, 6) is 0.604. The van der Waals surface area contributed by atoms with E-state index >= 15 is 0 Å². The predicted octanol–water partition coefficient (Wildman–Crippen LogP) is 2.21. The van der Waals surface area contributed by atoms with E-state index in [1.54, 1.807) is 12.1 Å². The number of likely N-dealkylation sites (N-methyl/N-ethyl adjacent to an activating group) is 1. The Kier molecular flexibility index (Phi) is 4.20. The molecule has 1 aromatic rings. The van der Waals surface area contributed by atoms with Crippen LogP contribution in [0.4, 0.5) is 4.79 Å². The van der Waals surface area contributed by atoms with Gasteiger partial charge < -0.3 is 14.5 Å². The Labute approximate surface area is 108 Å². The van der Waals surface area contributed by atoms with Crippen LogP contribution in [0.3, 0.4) is 0 Å². The lowest BCUT2D eigenvalue weighted by Gasteiger charge is -2.27. The number of carbonyl (C=O) groups excluding carboxylic acids is 1. The molecule has 2 rings (SSSR count). The standard InChI is InChI=1S/C14H20N2O2/c1-12-11-15(2)9-6-10-16(12)14(17)18-13-7-4-3-5-8-13/h3-5,7-8,12H,6,9-11H2,1-2H3. The average Bonchev–Trinajstić information content (AvgIpc) is 2.51. The van der Waals surface area contributed by atoms with E-state index in [4.69, 9.17) is 4.74 Å². The average molecular weight is 248 g/mol. The fraction of sp³-hybridized carbons (Fsp3) is 0.500. The second kappa shape index (κ2) is 5.87. The van der Waals surface area contributed by atoms with Crippen LogP contribution in [0, 0.1) is 0 Å². The lowest BCUT2D eigenvalue weighted by Crippen LogP contribution is -2.43. The molecule has 0 bridgehead atoms. The molecule has 0 aliphatic carbocycles. The van der Waals surface area contributed by atoms with Gasteiger partial charge in [-0.2, -0.15) is 0 Å². The highest BCUT2D eigenvalue weighted by atomic mass is 16.6. The van der Waals surface area contributed by atoms with Gasteiger partial charge in [0, 0.05) is 19.1 Å². The molecule has 0 radical (unpaired) electrons. The SMILES string of the molecule is CC1CN(C)CCCN1C(=O)Oc1ccccc1. The van der Waals surface area contributed by atoms with Gasteiger partial charge in [-0.1, -0.05) is 18.2 Å². The summed E-state index contributed by atoms with van der Waals surface area (Å²) in [6.07, 6.45) is 0.745. The van der Waals surface area contributed by atoms with Gasteiger partial charge in [-0.15, -0.1) is 0 Å². The zero-order chi connectivity index (χ0) is 13.0. The topological polar surface area (TPSA) is 32.8 Å². The molecule has 1 fully saturated rings. The van der Waals surface area contributed by atoms with Crippen molar-refractivity contribution < 1.29 is 9.53 Å². The second-order valence-electron chi connectivity index (χ2n) is 4.84. The van der Waals surface area contributed by atoms with Crippen molar-refractivity contribution in [2.45, 2.75) is 19.4 Å². The number of carbonyl (C=O) groups is 1. The summed E-state index contributed by atoms with van der Waals surface area (Å²) in [5, 5.41) is 0. The minimum atomic E-state index is -0.246. The molecule has 1 aliphatic heterocycles. The highest BCUT2D eigenvalue weighted by Crippen LogP contribution is 2.14. The van der Waals surface area contributed by atoms with E-state index in [2.05, 4.69) is 18.9 Å². The van der Waals surface area contributed by atoms with Crippen LogP contribution >= 0.6 is 0 Å². The van der Waals surface area contributed by atoms with Gasteiger partial charge in [-0.3, -0.25) is 0 Å². The van der Waals surface area contributed by atoms with E-state index in [-0.39, 0.29) is 12.1 Å². The summed E-state index contributed by atoms with van der Waals surface area (Å²) < 4.78 is 5.38. The fourth-order valence-electron chi connectivity index (χ4n) is 2.29. The molecule has 1 unspecified atom stereocenters. The highest BCUT2D eigenvalue weighted by Gasteiger charge is 2.25. The van der Waals surface area contributed by atoms with E-state index in [1.165, 1.54) is 0 Å². The van der Waals surface area contributed by atoms with E-state index in [0.717, 1.165) is 26.1 Å². The van der Waals surface area contributed by atoms with Crippen molar-refractivity contribution in [2.75, 3.05) is 26.7 Å². The number of benzene rings is 1. The summed E-state index contributed by atoms with van der Waals surface area (Å²) in [4.78, 5) is 16.2. The largest absolute Gasteiger partial charge is 0.415 e. The van der Waals surface area contributed by atoms with Gasteiger partial charge in [-0.05, 0) is 39.1 Å². The van der Waals surface area contributed by atoms with E-state index in [9.17, 15) is 4.79 Å². The fourth-order valence-corrected chi connectivity index (χ4v) is 2.29. The van der Waals surface area contributed by atoms with Crippen molar-refractivity contribution in [3.8, 4) is 5.75 Å². The van der Waals surface area contributed by atoms with Crippen molar-refractivity contribution in [3.05, 3.63) is 30.3 Å². The number of hydrogen-bond donors (Lipinski definition) is 0. The Hall–Kier alpha value is -1.55. The van der Waals surface area contributed by atoms with Crippen molar-refractivity contribution in [1.82, 2.24) is 9.80 Å². The number of hydrogen-bond acceptors (Lipinski definition) is 3. The summed E-state index contributed by atoms with van der Waals surface area (Å²) in [6.45, 7) is 4.74. The van der Waals surface area contributed by atoms with Crippen LogP contribution in [-0.4, -0.2) is 48.6 Å². The van der Waals surface area contributed by atoms with E-state index < -0.39 is 0 Å². The van der Waals surface area contributed by atoms with Crippen molar-refractivity contribution in [2.24, 2.45) is 0 Å². The van der Waals surface area contributed by atoms with Gasteiger partial charge in [0.2, 0.25) is 0 Å². The lowest BCUT2D eigenvalue weighted by molar-refractivity contribution is 0.135. The van der Waals surface area contributed by atoms with Crippen molar-refractivity contribution in [1.29, 1.82) is 0 Å². The zero-order valence-corrected chi connectivity index (χ0v) is 11.0. The number of amides is 1. The molecule has 1 heterocycles. The summed E-state index contributed by atoms with van der Waals surface area (Å²) in [7, 11) is 2.09. The first-order chi connectivity index (χ1) is 8.66. The number of nitrogens with zero attached hydrogens (tertiary/aromatic N) is 2. The van der Waals surface area contributed by atoms with Gasteiger partial charge in [0.05, 0.1) is 0 Å². The van der Waals surface area contributed by atoms with Crippen LogP contribution in [0.15, 0.2) is 30.3 Å². The van der Waals surface area contributed by atoms with Crippen LogP contribution in [-0.2, 0) is 0 Å². The number of ether oxygens (including phenoxy) is 1. The maximum absolute atomic E-state index is 12.1. The predicted molar refractivity (Wildman–Crippen MR) is 70.7 cm³/mol. The summed E-state index contributed by atoms with van der Waals surface area (Å²) in [6, 6.07) is 9.42. The maximum Gasteiger partial charge on any atom is 0.415 e. The van der Waals surface area contributed by atoms with Crippen molar-refractivity contribution >= 4 is 6.09 Å². The Balaban J connectivity index is 1.99. The van der Waals surface area contributed by atoms with Gasteiger partial charge >= 0.3 is 6.09 Å². The zero-order valence-electron chi connectivity index (χ0n) is 11.0. The lowest BCUT2D eigenvalue weighted by atomic mass is 10.3. The third kappa shape index (κ3) is 3.23. The van der Waals surface area contributed by atoms with E-state index in [1.807, 2.05) is 23.1 Å². The molecule has 0 saturated carbocycles. The molecule has 1 aliphatic rings. The van der Waals surface area contributed by atoms with Gasteiger partial charge in [0.1, 0.15) is 5.75 Å². The molecule has 4 nitrogen and oxygen atoms in total. The quantitative estimate of drug-likeness (QED) is 0.764. The monoisotopic (exact) mass is 248 g/mol. The molecule has 4 heteroatoms. The van der Waals surface area contributed by atoms with Crippen molar-refractivity contribution in [3.63, 3.8) is 0 Å². The van der Waals surface area contributed by atoms with Crippen LogP contribution < -0.4 is 4.74 Å². The molecular formula is C14H20N2O2. The van der Waals surface area contributed by atoms with Crippen LogP contribution in [0.25, 0.3) is 0 Å². The van der Waals surface area contributed by atoms with Gasteiger partial charge in [-0.25, -0.2) is 4.79 Å². The second-order valence-corrected chi connectivity index (χ2v) is 4.84. The minimum Gasteiger partial charge on any atom is -0.410 e. The molecule has 0 N–H and O–H groups in total. The Morgan fingerprint density at radius 3 is 2.72 bits per heavy atom. The van der Waals surface area contributed by atoms with Gasteiger partial charge in [0.15, 0.2) is 0 Å². The Morgan fingerprint density at radius 2 is 2.00 bits per heavy atom. The van der Waals surface area contributed by atoms with Crippen LogP contribution in [0.5, 0.6) is 5.75 Å². The molecule has 0 aromatic heterocycles. The molecule has 0 spiro atoms. The number of para-hydroxylation sites is 1. The normalized spacial score (nSPS) is 21.4. The van der Waals surface area contributed by atoms with Crippen LogP contribution in [0.1, 0.15) is 13.3 Å². The van der Waals surface area contributed by atoms with Gasteiger partial charge in [0.25, 0.3) is 0 Å².